The second kappa shape index (κ2) is 5.33. The number of hydrogen-bond acceptors (Lipinski definition) is 3. The highest BCUT2D eigenvalue weighted by Crippen LogP contribution is 2.40. The molecular weight excluding hydrogens is 236 g/mol. The van der Waals surface area contributed by atoms with Crippen LogP contribution >= 0.6 is 0 Å². The zero-order chi connectivity index (χ0) is 13.8. The molecule has 19 heavy (non-hydrogen) atoms. The van der Waals surface area contributed by atoms with Crippen LogP contribution in [0.15, 0.2) is 58.2 Å². The molecule has 2 aliphatic rings. The van der Waals surface area contributed by atoms with Gasteiger partial charge in [0.2, 0.25) is 0 Å². The molecule has 0 N–H and O–H groups in total. The van der Waals surface area contributed by atoms with Crippen molar-refractivity contribution in [2.45, 2.75) is 19.8 Å². The van der Waals surface area contributed by atoms with Crippen LogP contribution in [0.4, 0.5) is 0 Å². The van der Waals surface area contributed by atoms with Gasteiger partial charge in [-0.1, -0.05) is 30.4 Å². The van der Waals surface area contributed by atoms with E-state index in [1.54, 1.807) is 18.2 Å². The number of allylic oxidation sites excluding steroid dienone is 10. The van der Waals surface area contributed by atoms with Crippen molar-refractivity contribution in [2.24, 2.45) is 0 Å². The van der Waals surface area contributed by atoms with E-state index in [1.165, 1.54) is 0 Å². The molecule has 3 heteroatoms. The first-order valence-electron chi connectivity index (χ1n) is 6.07. The summed E-state index contributed by atoms with van der Waals surface area (Å²) in [6.45, 7) is 1.85. The molecule has 2 rings (SSSR count). The van der Waals surface area contributed by atoms with Gasteiger partial charge in [0.05, 0.1) is 0 Å². The zero-order valence-electron chi connectivity index (χ0n) is 10.6. The molecule has 0 spiro atoms. The van der Waals surface area contributed by atoms with Crippen molar-refractivity contribution in [1.82, 2.24) is 0 Å². The lowest BCUT2D eigenvalue weighted by molar-refractivity contribution is -0.111. The van der Waals surface area contributed by atoms with Crippen molar-refractivity contribution in [2.75, 3.05) is 0 Å². The quantitative estimate of drug-likeness (QED) is 0.529. The van der Waals surface area contributed by atoms with Gasteiger partial charge in [0.25, 0.3) is 0 Å². The van der Waals surface area contributed by atoms with Gasteiger partial charge < -0.3 is 0 Å². The third-order valence-corrected chi connectivity index (χ3v) is 3.16. The zero-order valence-corrected chi connectivity index (χ0v) is 10.6. The Balaban J connectivity index is 2.71. The molecule has 0 heterocycles. The van der Waals surface area contributed by atoms with Gasteiger partial charge in [-0.2, -0.15) is 10.5 Å². The molecule has 0 aromatic rings. The number of hydrogen-bond donors (Lipinski definition) is 0. The highest BCUT2D eigenvalue weighted by atomic mass is 16.1. The first-order valence-corrected chi connectivity index (χ1v) is 6.07. The maximum atomic E-state index is 12.3. The molecule has 0 fully saturated rings. The number of rotatable bonds is 1. The summed E-state index contributed by atoms with van der Waals surface area (Å²) in [5, 5.41) is 18.2. The second-order valence-corrected chi connectivity index (χ2v) is 4.24. The van der Waals surface area contributed by atoms with E-state index < -0.39 is 0 Å². The topological polar surface area (TPSA) is 64.7 Å². The molecule has 0 saturated carbocycles. The normalized spacial score (nSPS) is 19.8. The molecule has 92 valence electrons. The highest BCUT2D eigenvalue weighted by molar-refractivity contribution is 6.19. The molecule has 0 atom stereocenters. The summed E-state index contributed by atoms with van der Waals surface area (Å²) in [6, 6.07) is 3.79. The van der Waals surface area contributed by atoms with Crippen molar-refractivity contribution in [3.05, 3.63) is 58.2 Å². The molecule has 0 aliphatic heterocycles. The van der Waals surface area contributed by atoms with E-state index in [9.17, 15) is 4.79 Å². The Morgan fingerprint density at radius 1 is 1.37 bits per heavy atom. The van der Waals surface area contributed by atoms with Crippen LogP contribution in [-0.4, -0.2) is 5.78 Å². The summed E-state index contributed by atoms with van der Waals surface area (Å²) in [7, 11) is 0. The van der Waals surface area contributed by atoms with Crippen molar-refractivity contribution in [1.29, 1.82) is 10.5 Å². The van der Waals surface area contributed by atoms with E-state index in [0.29, 0.717) is 23.1 Å². The van der Waals surface area contributed by atoms with E-state index in [1.807, 2.05) is 31.2 Å². The summed E-state index contributed by atoms with van der Waals surface area (Å²) in [5.41, 5.74) is 2.45. The number of carbonyl (C=O) groups is 1. The van der Waals surface area contributed by atoms with Crippen LogP contribution in [-0.2, 0) is 4.79 Å². The number of nitriles is 2. The van der Waals surface area contributed by atoms with Crippen LogP contribution in [0, 0.1) is 22.7 Å². The average molecular weight is 248 g/mol. The monoisotopic (exact) mass is 248 g/mol. The van der Waals surface area contributed by atoms with Gasteiger partial charge >= 0.3 is 0 Å². The Kier molecular flexibility index (Phi) is 3.59. The molecule has 0 saturated heterocycles. The van der Waals surface area contributed by atoms with Crippen LogP contribution in [0.2, 0.25) is 0 Å². The first-order chi connectivity index (χ1) is 9.24. The highest BCUT2D eigenvalue weighted by Gasteiger charge is 2.33. The number of carbonyl (C=O) groups excluding carboxylic acids is 1. The van der Waals surface area contributed by atoms with Gasteiger partial charge in [-0.15, -0.1) is 0 Å². The van der Waals surface area contributed by atoms with Crippen LogP contribution < -0.4 is 0 Å². The third-order valence-electron chi connectivity index (χ3n) is 3.16. The summed E-state index contributed by atoms with van der Waals surface area (Å²) in [6.07, 6.45) is 10.5. The van der Waals surface area contributed by atoms with Crippen molar-refractivity contribution >= 4 is 5.78 Å². The maximum absolute atomic E-state index is 12.3. The summed E-state index contributed by atoms with van der Waals surface area (Å²) in [4.78, 5) is 12.3. The maximum Gasteiger partial charge on any atom is 0.193 e. The Morgan fingerprint density at radius 3 is 2.74 bits per heavy atom. The molecule has 2 aliphatic carbocycles. The lowest BCUT2D eigenvalue weighted by atomic mass is 9.93. The summed E-state index contributed by atoms with van der Waals surface area (Å²) in [5.74, 6) is -0.0953. The van der Waals surface area contributed by atoms with Gasteiger partial charge in [0, 0.05) is 16.7 Å². The lowest BCUT2D eigenvalue weighted by Gasteiger charge is -2.08. The fourth-order valence-corrected chi connectivity index (χ4v) is 2.33. The van der Waals surface area contributed by atoms with Crippen LogP contribution in [0.25, 0.3) is 0 Å². The van der Waals surface area contributed by atoms with Gasteiger partial charge in [0.15, 0.2) is 5.78 Å². The predicted molar refractivity (Wildman–Crippen MR) is 71.6 cm³/mol. The van der Waals surface area contributed by atoms with E-state index in [4.69, 9.17) is 10.5 Å². The third kappa shape index (κ3) is 2.07. The Bertz CT molecular complexity index is 655. The molecule has 0 aromatic carbocycles. The van der Waals surface area contributed by atoms with E-state index >= 15 is 0 Å². The fraction of sp³-hybridized carbons (Fsp3) is 0.188. The van der Waals surface area contributed by atoms with Crippen molar-refractivity contribution in [3.63, 3.8) is 0 Å². The van der Waals surface area contributed by atoms with Gasteiger partial charge in [-0.3, -0.25) is 4.79 Å². The predicted octanol–water partition coefficient (Wildman–Crippen LogP) is 3.06. The summed E-state index contributed by atoms with van der Waals surface area (Å²) >= 11 is 0. The largest absolute Gasteiger partial charge is 0.289 e. The average Bonchev–Trinajstić information content (AvgIpc) is 2.72. The van der Waals surface area contributed by atoms with Crippen LogP contribution in [0.3, 0.4) is 0 Å². The minimum absolute atomic E-state index is 0.0180. The minimum Gasteiger partial charge on any atom is -0.289 e. The molecule has 0 unspecified atom stereocenters. The van der Waals surface area contributed by atoms with E-state index in [0.717, 1.165) is 12.0 Å². The molecule has 0 radical (unpaired) electrons. The number of ketones is 1. The Morgan fingerprint density at radius 2 is 2.11 bits per heavy atom. The van der Waals surface area contributed by atoms with E-state index in [2.05, 4.69) is 0 Å². The Hall–Kier alpha value is -2.65. The molecular formula is C16H12N2O. The van der Waals surface area contributed by atoms with Crippen molar-refractivity contribution < 1.29 is 4.79 Å². The first kappa shape index (κ1) is 12.8. The van der Waals surface area contributed by atoms with Crippen LogP contribution in [0.1, 0.15) is 19.8 Å². The second-order valence-electron chi connectivity index (χ2n) is 4.24. The summed E-state index contributed by atoms with van der Waals surface area (Å²) < 4.78 is 0. The Labute approximate surface area is 112 Å². The minimum atomic E-state index is -0.0953. The lowest BCUT2D eigenvalue weighted by Crippen LogP contribution is -1.99. The van der Waals surface area contributed by atoms with Crippen LogP contribution in [0.5, 0.6) is 0 Å². The smallest absolute Gasteiger partial charge is 0.193 e. The molecule has 0 aromatic heterocycles. The van der Waals surface area contributed by atoms with Gasteiger partial charge in [-0.25, -0.2) is 0 Å². The standard InChI is InChI=1S/C16H12N2O/c1-2-3-6-14-15(11(9-17)10-18)12-7-4-5-8-13(12)16(14)19/h2-3,5-6,8H,4,7H2,1H3/b3-2+,14-6-. The molecule has 0 bridgehead atoms. The van der Waals surface area contributed by atoms with E-state index in [-0.39, 0.29) is 11.4 Å². The molecule has 0 amide bonds. The number of Topliss-reactive ketones (excluding diaryl/α,β-unsaturated/α-hetero) is 1. The number of nitrogens with zero attached hydrogens (tertiary/aromatic N) is 2. The SMILES string of the molecule is C/C=C/C=C1\C(=O)C2=C(CCC=C2)C1=C(C#N)C#N. The molecule has 3 nitrogen and oxygen atoms in total. The van der Waals surface area contributed by atoms with Gasteiger partial charge in [-0.05, 0) is 25.3 Å². The van der Waals surface area contributed by atoms with Gasteiger partial charge in [0.1, 0.15) is 17.7 Å². The van der Waals surface area contributed by atoms with Crippen molar-refractivity contribution in [3.8, 4) is 12.1 Å². The fourth-order valence-electron chi connectivity index (χ4n) is 2.33.